The second-order valence-corrected chi connectivity index (χ2v) is 8.58. The molecule has 6 nitrogen and oxygen atoms in total. The van der Waals surface area contributed by atoms with Gasteiger partial charge in [-0.25, -0.2) is 9.97 Å². The maximum atomic E-state index is 12.0. The minimum Gasteiger partial charge on any atom is -0.364 e. The number of carbonyl (C=O) groups is 1. The maximum Gasteiger partial charge on any atom is 0.189 e. The van der Waals surface area contributed by atoms with E-state index in [-0.39, 0.29) is 30.0 Å². The number of aromatic nitrogens is 2. The minimum atomic E-state index is -0.664. The fraction of sp³-hybridized carbons (Fsp3) is 0.688. The van der Waals surface area contributed by atoms with Gasteiger partial charge in [-0.15, -0.1) is 0 Å². The van der Waals surface area contributed by atoms with E-state index in [1.165, 1.54) is 11.8 Å². The van der Waals surface area contributed by atoms with Crippen LogP contribution in [0, 0.1) is 16.4 Å². The molecule has 2 fully saturated rings. The number of nitrogens with one attached hydrogen (secondary N) is 1. The van der Waals surface area contributed by atoms with Crippen molar-refractivity contribution < 1.29 is 14.3 Å². The van der Waals surface area contributed by atoms with Crippen LogP contribution in [-0.4, -0.2) is 46.0 Å². The first-order chi connectivity index (χ1) is 11.2. The number of fused-ring (bicyclic) bond motifs is 1. The summed E-state index contributed by atoms with van der Waals surface area (Å²) >= 11 is 3.77. The van der Waals surface area contributed by atoms with E-state index in [9.17, 15) is 4.79 Å². The average molecular weight is 463 g/mol. The Morgan fingerprint density at radius 1 is 1.33 bits per heavy atom. The number of Topliss-reactive ketones (excluding diaryl/α,β-unsaturated/α-hetero) is 1. The van der Waals surface area contributed by atoms with Gasteiger partial charge in [0.05, 0.1) is 21.4 Å². The highest BCUT2D eigenvalue weighted by molar-refractivity contribution is 14.1. The Labute approximate surface area is 160 Å². The van der Waals surface area contributed by atoms with E-state index in [0.717, 1.165) is 20.2 Å². The molecule has 1 N–H and O–H groups in total. The smallest absolute Gasteiger partial charge is 0.189 e. The number of carbonyl (C=O) groups excluding carboxylic acids is 1. The molecule has 132 valence electrons. The molecule has 8 heteroatoms. The summed E-state index contributed by atoms with van der Waals surface area (Å²) in [4.78, 5) is 21.1. The molecule has 1 aromatic heterocycles. The number of thioether (sulfide) groups is 1. The molecule has 0 unspecified atom stereocenters. The fourth-order valence-corrected chi connectivity index (χ4v) is 4.22. The van der Waals surface area contributed by atoms with E-state index in [1.54, 1.807) is 6.92 Å². The number of hydrogen-bond donors (Lipinski definition) is 1. The molecule has 0 aromatic carbocycles. The normalized spacial score (nSPS) is 31.1. The second-order valence-electron chi connectivity index (χ2n) is 6.73. The molecule has 0 radical (unpaired) electrons. The maximum absolute atomic E-state index is 12.0. The van der Waals surface area contributed by atoms with Gasteiger partial charge in [-0.3, -0.25) is 4.79 Å². The molecule has 1 aromatic rings. The Bertz CT molecular complexity index is 670. The highest BCUT2D eigenvalue weighted by Gasteiger charge is 2.55. The largest absolute Gasteiger partial charge is 0.364 e. The van der Waals surface area contributed by atoms with Gasteiger partial charge in [-0.1, -0.05) is 11.8 Å². The van der Waals surface area contributed by atoms with E-state index >= 15 is 0 Å². The summed E-state index contributed by atoms with van der Waals surface area (Å²) in [6.07, 6.45) is 2.29. The number of anilines is 1. The number of hydrogen-bond acceptors (Lipinski definition) is 7. The van der Waals surface area contributed by atoms with Crippen LogP contribution in [0.25, 0.3) is 0 Å². The molecular formula is C16H22IN3O3S. The number of halogens is 1. The van der Waals surface area contributed by atoms with Crippen LogP contribution in [0.15, 0.2) is 5.16 Å². The zero-order chi connectivity index (χ0) is 17.6. The minimum absolute atomic E-state index is 0.0109. The van der Waals surface area contributed by atoms with E-state index < -0.39 is 5.79 Å². The van der Waals surface area contributed by atoms with E-state index in [4.69, 9.17) is 9.47 Å². The fourth-order valence-electron chi connectivity index (χ4n) is 3.42. The Hall–Kier alpha value is -0.450. The Kier molecular flexibility index (Phi) is 5.12. The van der Waals surface area contributed by atoms with Crippen LogP contribution in [0.2, 0.25) is 0 Å². The molecule has 0 bridgehead atoms. The van der Waals surface area contributed by atoms with Crippen LogP contribution in [0.4, 0.5) is 5.82 Å². The summed E-state index contributed by atoms with van der Waals surface area (Å²) in [7, 11) is 0. The van der Waals surface area contributed by atoms with Crippen LogP contribution in [0.5, 0.6) is 0 Å². The zero-order valence-electron chi connectivity index (χ0n) is 14.4. The van der Waals surface area contributed by atoms with Gasteiger partial charge in [0.1, 0.15) is 17.7 Å². The van der Waals surface area contributed by atoms with Gasteiger partial charge in [-0.2, -0.15) is 0 Å². The summed E-state index contributed by atoms with van der Waals surface area (Å²) in [6, 6.07) is -0.0109. The molecule has 1 aliphatic heterocycles. The highest BCUT2D eigenvalue weighted by atomic mass is 127. The van der Waals surface area contributed by atoms with Crippen molar-refractivity contribution >= 4 is 46.0 Å². The quantitative estimate of drug-likeness (QED) is 0.418. The Balaban J connectivity index is 1.88. The molecule has 0 spiro atoms. The van der Waals surface area contributed by atoms with Gasteiger partial charge in [0.15, 0.2) is 10.9 Å². The lowest BCUT2D eigenvalue weighted by molar-refractivity contribution is -0.159. The number of rotatable bonds is 4. The molecule has 2 aliphatic rings. The van der Waals surface area contributed by atoms with Crippen LogP contribution in [0.1, 0.15) is 32.9 Å². The van der Waals surface area contributed by atoms with Crippen molar-refractivity contribution in [3.8, 4) is 0 Å². The Morgan fingerprint density at radius 2 is 2.00 bits per heavy atom. The summed E-state index contributed by atoms with van der Waals surface area (Å²) in [6.45, 7) is 7.39. The number of ketones is 1. The van der Waals surface area contributed by atoms with Crippen molar-refractivity contribution in [1.82, 2.24) is 9.97 Å². The van der Waals surface area contributed by atoms with Gasteiger partial charge in [0.25, 0.3) is 0 Å². The monoisotopic (exact) mass is 463 g/mol. The topological polar surface area (TPSA) is 73.3 Å². The van der Waals surface area contributed by atoms with Gasteiger partial charge in [0, 0.05) is 5.92 Å². The molecule has 4 atom stereocenters. The van der Waals surface area contributed by atoms with Crippen LogP contribution >= 0.6 is 34.4 Å². The SMILES string of the molecule is CSc1nc(C)c(I)c(N[C@@H]2C[C@H](C(C)=O)[C@H]3OC(C)(C)O[C@H]32)n1. The first-order valence-corrected chi connectivity index (χ1v) is 10.2. The molecule has 1 saturated carbocycles. The lowest BCUT2D eigenvalue weighted by Gasteiger charge is -2.24. The van der Waals surface area contributed by atoms with E-state index in [2.05, 4.69) is 37.9 Å². The summed E-state index contributed by atoms with van der Waals surface area (Å²) in [5, 5.41) is 4.22. The molecular weight excluding hydrogens is 441 g/mol. The number of aryl methyl sites for hydroxylation is 1. The van der Waals surface area contributed by atoms with Crippen LogP contribution in [0.3, 0.4) is 0 Å². The summed E-state index contributed by atoms with van der Waals surface area (Å²) in [5.74, 6) is 0.139. The molecule has 1 aliphatic carbocycles. The zero-order valence-corrected chi connectivity index (χ0v) is 17.4. The number of nitrogens with zero attached hydrogens (tertiary/aromatic N) is 2. The summed E-state index contributed by atoms with van der Waals surface area (Å²) < 4.78 is 13.1. The molecule has 2 heterocycles. The van der Waals surface area contributed by atoms with Crippen molar-refractivity contribution in [2.75, 3.05) is 11.6 Å². The lowest BCUT2D eigenvalue weighted by atomic mass is 10.0. The predicted molar refractivity (Wildman–Crippen MR) is 101 cm³/mol. The average Bonchev–Trinajstić information content (AvgIpc) is 2.97. The van der Waals surface area contributed by atoms with Gasteiger partial charge >= 0.3 is 0 Å². The third-order valence-electron chi connectivity index (χ3n) is 4.49. The van der Waals surface area contributed by atoms with Crippen molar-refractivity contribution in [2.24, 2.45) is 5.92 Å². The van der Waals surface area contributed by atoms with Gasteiger partial charge in [0.2, 0.25) is 0 Å². The predicted octanol–water partition coefficient (Wildman–Crippen LogP) is 3.02. The third-order valence-corrected chi connectivity index (χ3v) is 6.33. The van der Waals surface area contributed by atoms with E-state index in [0.29, 0.717) is 6.42 Å². The number of ether oxygens (including phenoxy) is 2. The Morgan fingerprint density at radius 3 is 2.62 bits per heavy atom. The van der Waals surface area contributed by atoms with Crippen molar-refractivity contribution in [3.63, 3.8) is 0 Å². The first-order valence-electron chi connectivity index (χ1n) is 7.92. The molecule has 1 saturated heterocycles. The van der Waals surface area contributed by atoms with Crippen LogP contribution < -0.4 is 5.32 Å². The second kappa shape index (κ2) is 6.69. The lowest BCUT2D eigenvalue weighted by Crippen LogP contribution is -2.35. The summed E-state index contributed by atoms with van der Waals surface area (Å²) in [5.41, 5.74) is 0.944. The molecule has 0 amide bonds. The highest BCUT2D eigenvalue weighted by Crippen LogP contribution is 2.43. The third kappa shape index (κ3) is 3.42. The van der Waals surface area contributed by atoms with Gasteiger partial charge in [-0.05, 0) is 63.0 Å². The standard InChI is InChI=1S/C16H22IN3O3S/c1-7-11(17)14(20-15(18-7)24-5)19-10-6-9(8(2)21)12-13(10)23-16(3,4)22-12/h9-10,12-13H,6H2,1-5H3,(H,18,19,20)/t9-,10-,12-,13+/m1/s1. The first kappa shape index (κ1) is 18.3. The van der Waals surface area contributed by atoms with Crippen molar-refractivity contribution in [1.29, 1.82) is 0 Å². The van der Waals surface area contributed by atoms with Crippen molar-refractivity contribution in [2.45, 2.75) is 63.3 Å². The van der Waals surface area contributed by atoms with Crippen LogP contribution in [-0.2, 0) is 14.3 Å². The van der Waals surface area contributed by atoms with Crippen molar-refractivity contribution in [3.05, 3.63) is 9.26 Å². The molecule has 3 rings (SSSR count). The van der Waals surface area contributed by atoms with E-state index in [1.807, 2.05) is 27.0 Å². The van der Waals surface area contributed by atoms with Gasteiger partial charge < -0.3 is 14.8 Å². The molecule has 24 heavy (non-hydrogen) atoms.